The second-order valence-corrected chi connectivity index (χ2v) is 8.32. The predicted molar refractivity (Wildman–Crippen MR) is 111 cm³/mol. The second-order valence-electron chi connectivity index (χ2n) is 6.28. The first-order valence-corrected chi connectivity index (χ1v) is 10.6. The number of nitrogens with zero attached hydrogens (tertiary/aromatic N) is 4. The third kappa shape index (κ3) is 5.57. The number of hydrogen-bond acceptors (Lipinski definition) is 6. The van der Waals surface area contributed by atoms with E-state index in [0.717, 1.165) is 4.31 Å². The van der Waals surface area contributed by atoms with Crippen molar-refractivity contribution >= 4 is 21.6 Å². The van der Waals surface area contributed by atoms with E-state index in [2.05, 4.69) is 0 Å². The Hall–Kier alpha value is -3.40. The number of nitriles is 2. The summed E-state index contributed by atoms with van der Waals surface area (Å²) in [6.45, 7) is 2.10. The summed E-state index contributed by atoms with van der Waals surface area (Å²) in [6.07, 6.45) is 0.102. The molecule has 0 spiro atoms. The molecule has 2 aromatic rings. The fourth-order valence-corrected chi connectivity index (χ4v) is 3.81. The van der Waals surface area contributed by atoms with Crippen LogP contribution in [0.2, 0.25) is 0 Å². The van der Waals surface area contributed by atoms with Gasteiger partial charge in [-0.25, -0.2) is 8.42 Å². The highest BCUT2D eigenvalue weighted by atomic mass is 32.2. The van der Waals surface area contributed by atoms with Crippen LogP contribution in [-0.2, 0) is 14.8 Å². The molecule has 0 bridgehead atoms. The maximum atomic E-state index is 12.9. The fourth-order valence-electron chi connectivity index (χ4n) is 2.69. The van der Waals surface area contributed by atoms with E-state index in [1.54, 1.807) is 24.3 Å². The molecule has 30 heavy (non-hydrogen) atoms. The highest BCUT2D eigenvalue weighted by Crippen LogP contribution is 2.21. The SMILES string of the molecule is CCOc1ccc(N(CCC#N)C(=O)CN(C)S(=O)(=O)c2ccc(C#N)cc2)cc1. The van der Waals surface area contributed by atoms with Gasteiger partial charge in [-0.2, -0.15) is 14.8 Å². The molecule has 0 atom stereocenters. The lowest BCUT2D eigenvalue weighted by atomic mass is 10.2. The summed E-state index contributed by atoms with van der Waals surface area (Å²) in [6, 6.07) is 16.2. The molecule has 0 aliphatic heterocycles. The van der Waals surface area contributed by atoms with Crippen molar-refractivity contribution in [3.05, 3.63) is 54.1 Å². The Kier molecular flexibility index (Phi) is 7.93. The van der Waals surface area contributed by atoms with E-state index in [-0.39, 0.29) is 17.9 Å². The highest BCUT2D eigenvalue weighted by molar-refractivity contribution is 7.89. The minimum atomic E-state index is -3.92. The van der Waals surface area contributed by atoms with Gasteiger partial charge in [0, 0.05) is 19.3 Å². The number of carbonyl (C=O) groups is 1. The molecule has 9 heteroatoms. The van der Waals surface area contributed by atoms with Crippen LogP contribution in [0.5, 0.6) is 5.75 Å². The zero-order valence-electron chi connectivity index (χ0n) is 16.8. The average molecular weight is 426 g/mol. The smallest absolute Gasteiger partial charge is 0.243 e. The van der Waals surface area contributed by atoms with Gasteiger partial charge in [0.05, 0.1) is 42.2 Å². The summed E-state index contributed by atoms with van der Waals surface area (Å²) in [7, 11) is -2.61. The predicted octanol–water partition coefficient (Wildman–Crippen LogP) is 2.52. The van der Waals surface area contributed by atoms with Gasteiger partial charge in [0.2, 0.25) is 15.9 Å². The van der Waals surface area contributed by atoms with Gasteiger partial charge < -0.3 is 9.64 Å². The van der Waals surface area contributed by atoms with Crippen molar-refractivity contribution in [2.45, 2.75) is 18.2 Å². The number of rotatable bonds is 9. The van der Waals surface area contributed by atoms with Crippen LogP contribution in [0.15, 0.2) is 53.4 Å². The number of benzene rings is 2. The first-order chi connectivity index (χ1) is 14.3. The molecule has 0 N–H and O–H groups in total. The maximum absolute atomic E-state index is 12.9. The van der Waals surface area contributed by atoms with Crippen molar-refractivity contribution in [3.63, 3.8) is 0 Å². The largest absolute Gasteiger partial charge is 0.494 e. The van der Waals surface area contributed by atoms with Crippen molar-refractivity contribution in [2.75, 3.05) is 31.6 Å². The Morgan fingerprint density at radius 1 is 1.07 bits per heavy atom. The molecular weight excluding hydrogens is 404 g/mol. The van der Waals surface area contributed by atoms with Gasteiger partial charge in [-0.1, -0.05) is 0 Å². The first kappa shape index (κ1) is 22.9. The average Bonchev–Trinajstić information content (AvgIpc) is 2.75. The lowest BCUT2D eigenvalue weighted by molar-refractivity contribution is -0.118. The van der Waals surface area contributed by atoms with Crippen molar-refractivity contribution in [3.8, 4) is 17.9 Å². The quantitative estimate of drug-likeness (QED) is 0.609. The molecular formula is C21H22N4O4S. The van der Waals surface area contributed by atoms with E-state index in [0.29, 0.717) is 23.6 Å². The third-order valence-electron chi connectivity index (χ3n) is 4.26. The van der Waals surface area contributed by atoms with Crippen LogP contribution in [-0.4, -0.2) is 45.4 Å². The molecule has 0 unspecified atom stereocenters. The van der Waals surface area contributed by atoms with Crippen molar-refractivity contribution in [1.29, 1.82) is 10.5 Å². The van der Waals surface area contributed by atoms with Crippen molar-refractivity contribution < 1.29 is 17.9 Å². The van der Waals surface area contributed by atoms with Crippen LogP contribution in [0.1, 0.15) is 18.9 Å². The summed E-state index contributed by atoms with van der Waals surface area (Å²) in [5.74, 6) is 0.184. The van der Waals surface area contributed by atoms with E-state index in [4.69, 9.17) is 15.3 Å². The van der Waals surface area contributed by atoms with Gasteiger partial charge in [-0.3, -0.25) is 4.79 Å². The number of ether oxygens (including phenoxy) is 1. The first-order valence-electron chi connectivity index (χ1n) is 9.20. The molecule has 0 aliphatic carbocycles. The van der Waals surface area contributed by atoms with E-state index in [9.17, 15) is 13.2 Å². The number of hydrogen-bond donors (Lipinski definition) is 0. The van der Waals surface area contributed by atoms with Gasteiger partial charge in [-0.15, -0.1) is 0 Å². The molecule has 0 heterocycles. The summed E-state index contributed by atoms with van der Waals surface area (Å²) in [4.78, 5) is 14.3. The number of carbonyl (C=O) groups excluding carboxylic acids is 1. The topological polar surface area (TPSA) is 114 Å². The molecule has 0 aromatic heterocycles. The number of likely N-dealkylation sites (N-methyl/N-ethyl adjacent to an activating group) is 1. The normalized spacial score (nSPS) is 10.8. The molecule has 0 saturated carbocycles. The number of amides is 1. The van der Waals surface area contributed by atoms with Gasteiger partial charge >= 0.3 is 0 Å². The van der Waals surface area contributed by atoms with Crippen molar-refractivity contribution in [2.24, 2.45) is 0 Å². The van der Waals surface area contributed by atoms with Crippen molar-refractivity contribution in [1.82, 2.24) is 4.31 Å². The van der Waals surface area contributed by atoms with Crippen LogP contribution >= 0.6 is 0 Å². The Balaban J connectivity index is 2.20. The zero-order valence-corrected chi connectivity index (χ0v) is 17.6. The van der Waals surface area contributed by atoms with Gasteiger partial charge in [0.25, 0.3) is 0 Å². The molecule has 1 amide bonds. The highest BCUT2D eigenvalue weighted by Gasteiger charge is 2.26. The zero-order chi connectivity index (χ0) is 22.1. The minimum absolute atomic E-state index is 0.0126. The Labute approximate surface area is 176 Å². The summed E-state index contributed by atoms with van der Waals surface area (Å²) < 4.78 is 31.9. The molecule has 2 rings (SSSR count). The lowest BCUT2D eigenvalue weighted by Gasteiger charge is -2.25. The third-order valence-corrected chi connectivity index (χ3v) is 6.07. The minimum Gasteiger partial charge on any atom is -0.494 e. The Morgan fingerprint density at radius 2 is 1.70 bits per heavy atom. The molecule has 2 aromatic carbocycles. The standard InChI is InChI=1S/C21H22N4O4S/c1-3-29-19-9-7-18(8-10-19)25(14-4-13-22)21(26)16-24(2)30(27,28)20-11-5-17(15-23)6-12-20/h5-12H,3-4,14,16H2,1-2H3. The Bertz CT molecular complexity index is 1050. The molecule has 0 fully saturated rings. The van der Waals surface area contributed by atoms with Gasteiger partial charge in [-0.05, 0) is 55.5 Å². The monoisotopic (exact) mass is 426 g/mol. The fraction of sp³-hybridized carbons (Fsp3) is 0.286. The summed E-state index contributed by atoms with van der Waals surface area (Å²) in [5, 5.41) is 17.8. The lowest BCUT2D eigenvalue weighted by Crippen LogP contribution is -2.41. The Morgan fingerprint density at radius 3 is 2.23 bits per heavy atom. The van der Waals surface area contributed by atoms with Gasteiger partial charge in [0.1, 0.15) is 5.75 Å². The molecule has 8 nitrogen and oxygen atoms in total. The van der Waals surface area contributed by atoms with Crippen LogP contribution in [0.4, 0.5) is 5.69 Å². The van der Waals surface area contributed by atoms with E-state index in [1.165, 1.54) is 36.2 Å². The van der Waals surface area contributed by atoms with E-state index in [1.807, 2.05) is 19.1 Å². The summed E-state index contributed by atoms with van der Waals surface area (Å²) in [5.41, 5.74) is 0.883. The molecule has 156 valence electrons. The van der Waals surface area contributed by atoms with Crippen LogP contribution < -0.4 is 9.64 Å². The number of anilines is 1. The molecule has 0 saturated heterocycles. The van der Waals surface area contributed by atoms with Crippen LogP contribution in [0.25, 0.3) is 0 Å². The molecule has 0 aliphatic rings. The van der Waals surface area contributed by atoms with E-state index >= 15 is 0 Å². The summed E-state index contributed by atoms with van der Waals surface area (Å²) >= 11 is 0. The second kappa shape index (κ2) is 10.4. The van der Waals surface area contributed by atoms with Gasteiger partial charge in [0.15, 0.2) is 0 Å². The van der Waals surface area contributed by atoms with Crippen LogP contribution in [0.3, 0.4) is 0 Å². The van der Waals surface area contributed by atoms with Crippen LogP contribution in [0, 0.1) is 22.7 Å². The maximum Gasteiger partial charge on any atom is 0.243 e. The van der Waals surface area contributed by atoms with E-state index < -0.39 is 22.5 Å². The molecule has 0 radical (unpaired) electrons. The number of sulfonamides is 1.